The summed E-state index contributed by atoms with van der Waals surface area (Å²) in [5.41, 5.74) is 0.975. The van der Waals surface area contributed by atoms with Crippen LogP contribution in [0.15, 0.2) is 54.6 Å². The molecule has 9 nitrogen and oxygen atoms in total. The maximum atomic E-state index is 12.4. The number of amides is 1. The van der Waals surface area contributed by atoms with E-state index in [2.05, 4.69) is 10.2 Å². The van der Waals surface area contributed by atoms with Crippen LogP contribution in [-0.2, 0) is 27.5 Å². The van der Waals surface area contributed by atoms with E-state index in [0.717, 1.165) is 28.4 Å². The van der Waals surface area contributed by atoms with Crippen molar-refractivity contribution >= 4 is 23.4 Å². The first-order valence-corrected chi connectivity index (χ1v) is 12.7. The third-order valence-corrected chi connectivity index (χ3v) is 6.70. The van der Waals surface area contributed by atoms with Gasteiger partial charge in [-0.1, -0.05) is 41.7 Å². The first-order valence-electron chi connectivity index (χ1n) is 11.9. The van der Waals surface area contributed by atoms with Crippen molar-refractivity contribution in [3.63, 3.8) is 0 Å². The number of likely N-dealkylation sites (tertiary alicyclic amines) is 1. The minimum atomic E-state index is -0.404. The van der Waals surface area contributed by atoms with Gasteiger partial charge in [-0.3, -0.25) is 0 Å². The molecule has 0 bridgehead atoms. The van der Waals surface area contributed by atoms with Crippen LogP contribution in [0.2, 0.25) is 0 Å². The maximum absolute atomic E-state index is 12.4. The number of hydrogen-bond donors (Lipinski definition) is 0. The number of aromatic nitrogens is 2. The standard InChI is InChI=1S/C26H29N3O6S/c1-2-32-24(30)18-34-22-10-8-21(9-11-22)33-17-23-27-28-25(36-23)20-12-14-29(15-13-20)26(31)35-16-19-6-4-3-5-7-19/h3-11,20H,2,12-18H2,1H3. The topological polar surface area (TPSA) is 100 Å². The van der Waals surface area contributed by atoms with Gasteiger partial charge in [0.2, 0.25) is 0 Å². The van der Waals surface area contributed by atoms with Crippen molar-refractivity contribution in [3.8, 4) is 11.5 Å². The fourth-order valence-electron chi connectivity index (χ4n) is 3.73. The molecule has 1 aromatic heterocycles. The zero-order valence-corrected chi connectivity index (χ0v) is 20.9. The van der Waals surface area contributed by atoms with Crippen LogP contribution in [0.1, 0.15) is 41.3 Å². The molecule has 0 saturated carbocycles. The Morgan fingerprint density at radius 2 is 1.61 bits per heavy atom. The van der Waals surface area contributed by atoms with Gasteiger partial charge in [-0.2, -0.15) is 0 Å². The number of benzene rings is 2. The predicted molar refractivity (Wildman–Crippen MR) is 133 cm³/mol. The number of hydrogen-bond acceptors (Lipinski definition) is 9. The maximum Gasteiger partial charge on any atom is 0.410 e. The van der Waals surface area contributed by atoms with Crippen LogP contribution in [0, 0.1) is 0 Å². The first-order chi connectivity index (χ1) is 17.6. The molecule has 0 unspecified atom stereocenters. The van der Waals surface area contributed by atoms with Crippen LogP contribution in [0.3, 0.4) is 0 Å². The lowest BCUT2D eigenvalue weighted by atomic mass is 9.98. The van der Waals surface area contributed by atoms with E-state index in [4.69, 9.17) is 18.9 Å². The molecule has 1 amide bonds. The summed E-state index contributed by atoms with van der Waals surface area (Å²) in [6.45, 7) is 3.80. The summed E-state index contributed by atoms with van der Waals surface area (Å²) in [6.07, 6.45) is 1.37. The van der Waals surface area contributed by atoms with Crippen LogP contribution in [-0.4, -0.2) is 53.5 Å². The van der Waals surface area contributed by atoms with Crippen LogP contribution in [0.5, 0.6) is 11.5 Å². The molecule has 3 aromatic rings. The summed E-state index contributed by atoms with van der Waals surface area (Å²) in [5, 5.41) is 10.4. The van der Waals surface area contributed by atoms with Crippen molar-refractivity contribution in [2.75, 3.05) is 26.3 Å². The van der Waals surface area contributed by atoms with E-state index < -0.39 is 5.97 Å². The van der Waals surface area contributed by atoms with E-state index in [0.29, 0.717) is 37.8 Å². The lowest BCUT2D eigenvalue weighted by Crippen LogP contribution is -2.38. The van der Waals surface area contributed by atoms with Crippen molar-refractivity contribution in [2.24, 2.45) is 0 Å². The van der Waals surface area contributed by atoms with E-state index in [1.165, 1.54) is 11.3 Å². The fraction of sp³-hybridized carbons (Fsp3) is 0.385. The smallest absolute Gasteiger partial charge is 0.410 e. The molecule has 0 spiro atoms. The van der Waals surface area contributed by atoms with E-state index in [-0.39, 0.29) is 25.2 Å². The highest BCUT2D eigenvalue weighted by atomic mass is 32.1. The molecule has 190 valence electrons. The Hall–Kier alpha value is -3.66. The molecule has 1 aliphatic heterocycles. The van der Waals surface area contributed by atoms with Gasteiger partial charge in [-0.05, 0) is 49.6 Å². The van der Waals surface area contributed by atoms with Crippen molar-refractivity contribution < 1.29 is 28.5 Å². The average Bonchev–Trinajstić information content (AvgIpc) is 3.40. The molecule has 2 aromatic carbocycles. The number of nitrogens with zero attached hydrogens (tertiary/aromatic N) is 3. The summed E-state index contributed by atoms with van der Waals surface area (Å²) < 4.78 is 21.5. The summed E-state index contributed by atoms with van der Waals surface area (Å²) in [5.74, 6) is 1.09. The van der Waals surface area contributed by atoms with Crippen LogP contribution < -0.4 is 9.47 Å². The largest absolute Gasteiger partial charge is 0.486 e. The lowest BCUT2D eigenvalue weighted by Gasteiger charge is -2.30. The Morgan fingerprint density at radius 1 is 0.917 bits per heavy atom. The van der Waals surface area contributed by atoms with E-state index in [1.807, 2.05) is 30.3 Å². The Morgan fingerprint density at radius 3 is 2.31 bits per heavy atom. The Kier molecular flexibility index (Phi) is 9.09. The predicted octanol–water partition coefficient (Wildman–Crippen LogP) is 4.58. The zero-order valence-electron chi connectivity index (χ0n) is 20.1. The molecule has 1 aliphatic rings. The monoisotopic (exact) mass is 511 g/mol. The summed E-state index contributed by atoms with van der Waals surface area (Å²) in [4.78, 5) is 25.5. The quantitative estimate of drug-likeness (QED) is 0.365. The molecular weight excluding hydrogens is 482 g/mol. The summed E-state index contributed by atoms with van der Waals surface area (Å²) in [6, 6.07) is 16.7. The molecule has 0 N–H and O–H groups in total. The van der Waals surface area contributed by atoms with Crippen molar-refractivity contribution in [1.82, 2.24) is 15.1 Å². The van der Waals surface area contributed by atoms with E-state index in [1.54, 1.807) is 36.1 Å². The third-order valence-electron chi connectivity index (χ3n) is 5.64. The van der Waals surface area contributed by atoms with Gasteiger partial charge >= 0.3 is 12.1 Å². The van der Waals surface area contributed by atoms with Gasteiger partial charge in [0.25, 0.3) is 0 Å². The number of carbonyl (C=O) groups excluding carboxylic acids is 2. The highest BCUT2D eigenvalue weighted by Crippen LogP contribution is 2.31. The van der Waals surface area contributed by atoms with Crippen LogP contribution >= 0.6 is 11.3 Å². The summed E-state index contributed by atoms with van der Waals surface area (Å²) >= 11 is 1.54. The highest BCUT2D eigenvalue weighted by Gasteiger charge is 2.27. The van der Waals surface area contributed by atoms with Gasteiger partial charge < -0.3 is 23.8 Å². The molecule has 0 atom stereocenters. The van der Waals surface area contributed by atoms with Crippen molar-refractivity contribution in [2.45, 2.75) is 38.9 Å². The first kappa shape index (κ1) is 25.4. The zero-order chi connectivity index (χ0) is 25.2. The van der Waals surface area contributed by atoms with Gasteiger partial charge in [0.05, 0.1) is 6.61 Å². The number of esters is 1. The highest BCUT2D eigenvalue weighted by molar-refractivity contribution is 7.11. The molecule has 36 heavy (non-hydrogen) atoms. The minimum absolute atomic E-state index is 0.130. The van der Waals surface area contributed by atoms with Crippen molar-refractivity contribution in [1.29, 1.82) is 0 Å². The van der Waals surface area contributed by atoms with E-state index >= 15 is 0 Å². The Balaban J connectivity index is 1.18. The molecule has 0 radical (unpaired) electrons. The lowest BCUT2D eigenvalue weighted by molar-refractivity contribution is -0.145. The number of rotatable bonds is 10. The Bertz CT molecular complexity index is 1110. The van der Waals surface area contributed by atoms with Gasteiger partial charge in [-0.15, -0.1) is 10.2 Å². The second kappa shape index (κ2) is 12.9. The van der Waals surface area contributed by atoms with Crippen LogP contribution in [0.25, 0.3) is 0 Å². The molecule has 1 fully saturated rings. The molecular formula is C26H29N3O6S. The minimum Gasteiger partial charge on any atom is -0.486 e. The molecule has 1 saturated heterocycles. The van der Waals surface area contributed by atoms with Crippen LogP contribution in [0.4, 0.5) is 4.79 Å². The average molecular weight is 512 g/mol. The van der Waals surface area contributed by atoms with Gasteiger partial charge in [0, 0.05) is 19.0 Å². The van der Waals surface area contributed by atoms with Gasteiger partial charge in [-0.25, -0.2) is 9.59 Å². The molecule has 4 rings (SSSR count). The second-order valence-electron chi connectivity index (χ2n) is 8.19. The second-order valence-corrected chi connectivity index (χ2v) is 9.28. The summed E-state index contributed by atoms with van der Waals surface area (Å²) in [7, 11) is 0. The molecule has 10 heteroatoms. The van der Waals surface area contributed by atoms with Gasteiger partial charge in [0.15, 0.2) is 11.6 Å². The van der Waals surface area contributed by atoms with E-state index in [9.17, 15) is 9.59 Å². The third kappa shape index (κ3) is 7.42. The van der Waals surface area contributed by atoms with Gasteiger partial charge in [0.1, 0.15) is 29.7 Å². The SMILES string of the molecule is CCOC(=O)COc1ccc(OCc2nnc(C3CCN(C(=O)OCc4ccccc4)CC3)s2)cc1. The van der Waals surface area contributed by atoms with Crippen molar-refractivity contribution in [3.05, 3.63) is 70.2 Å². The number of piperidine rings is 1. The molecule has 2 heterocycles. The fourth-order valence-corrected chi connectivity index (χ4v) is 4.66. The Labute approximate surface area is 214 Å². The number of carbonyl (C=O) groups is 2. The number of ether oxygens (including phenoxy) is 4. The normalized spacial score (nSPS) is 13.8. The molecule has 0 aliphatic carbocycles.